The first-order valence-electron chi connectivity index (χ1n) is 6.18. The molecular formula is C12H21N5. The van der Waals surface area contributed by atoms with E-state index in [0.29, 0.717) is 11.9 Å². The molecule has 0 spiro atoms. The van der Waals surface area contributed by atoms with E-state index in [1.54, 1.807) is 6.33 Å². The van der Waals surface area contributed by atoms with Crippen LogP contribution in [0.25, 0.3) is 0 Å². The Morgan fingerprint density at radius 3 is 2.71 bits per heavy atom. The van der Waals surface area contributed by atoms with Gasteiger partial charge in [0.25, 0.3) is 0 Å². The molecule has 0 atom stereocenters. The molecule has 1 fully saturated rings. The third-order valence-electron chi connectivity index (χ3n) is 3.24. The molecule has 1 aromatic rings. The number of rotatable bonds is 5. The Hall–Kier alpha value is -1.36. The molecule has 0 aliphatic heterocycles. The van der Waals surface area contributed by atoms with Crippen LogP contribution >= 0.6 is 0 Å². The summed E-state index contributed by atoms with van der Waals surface area (Å²) in [5.74, 6) is 7.99. The molecule has 17 heavy (non-hydrogen) atoms. The summed E-state index contributed by atoms with van der Waals surface area (Å²) in [7, 11) is 0. The Kier molecular flexibility index (Phi) is 3.47. The Morgan fingerprint density at radius 1 is 1.47 bits per heavy atom. The van der Waals surface area contributed by atoms with E-state index in [0.717, 1.165) is 23.8 Å². The summed E-state index contributed by atoms with van der Waals surface area (Å²) in [4.78, 5) is 10.9. The van der Waals surface area contributed by atoms with Gasteiger partial charge in [-0.05, 0) is 39.5 Å². The van der Waals surface area contributed by atoms with Crippen LogP contribution in [0, 0.1) is 12.8 Å². The Bertz CT molecular complexity index is 386. The van der Waals surface area contributed by atoms with Gasteiger partial charge in [0.1, 0.15) is 18.0 Å². The van der Waals surface area contributed by atoms with Crippen molar-refractivity contribution in [3.8, 4) is 0 Å². The molecule has 3 N–H and O–H groups in total. The minimum atomic E-state index is 0.440. The lowest BCUT2D eigenvalue weighted by atomic mass is 10.2. The van der Waals surface area contributed by atoms with Crippen molar-refractivity contribution in [2.45, 2.75) is 39.7 Å². The molecule has 1 heterocycles. The van der Waals surface area contributed by atoms with Gasteiger partial charge in [0, 0.05) is 18.2 Å². The van der Waals surface area contributed by atoms with Crippen LogP contribution in [0.5, 0.6) is 0 Å². The number of nitrogen functional groups attached to an aromatic ring is 1. The Labute approximate surface area is 102 Å². The predicted molar refractivity (Wildman–Crippen MR) is 69.8 cm³/mol. The van der Waals surface area contributed by atoms with E-state index >= 15 is 0 Å². The summed E-state index contributed by atoms with van der Waals surface area (Å²) in [5.41, 5.74) is 3.64. The Balaban J connectivity index is 2.27. The molecule has 0 unspecified atom stereocenters. The van der Waals surface area contributed by atoms with Crippen LogP contribution in [-0.2, 0) is 0 Å². The van der Waals surface area contributed by atoms with Gasteiger partial charge in [-0.2, -0.15) is 0 Å². The van der Waals surface area contributed by atoms with Crippen LogP contribution < -0.4 is 16.2 Å². The van der Waals surface area contributed by atoms with Crippen molar-refractivity contribution in [3.05, 3.63) is 11.9 Å². The zero-order valence-corrected chi connectivity index (χ0v) is 10.8. The van der Waals surface area contributed by atoms with Gasteiger partial charge in [0.2, 0.25) is 0 Å². The van der Waals surface area contributed by atoms with E-state index in [4.69, 9.17) is 5.84 Å². The highest BCUT2D eigenvalue weighted by atomic mass is 15.3. The standard InChI is InChI=1S/C12H21N5/c1-8(2)17(6-10-4-5-10)12-9(3)11(16-13)14-7-15-12/h7-8,10H,4-6,13H2,1-3H3,(H,14,15,16). The highest BCUT2D eigenvalue weighted by Gasteiger charge is 2.27. The zero-order valence-electron chi connectivity index (χ0n) is 10.8. The van der Waals surface area contributed by atoms with Gasteiger partial charge in [-0.15, -0.1) is 0 Å². The van der Waals surface area contributed by atoms with E-state index in [9.17, 15) is 0 Å². The third kappa shape index (κ3) is 2.66. The maximum Gasteiger partial charge on any atom is 0.148 e. The van der Waals surface area contributed by atoms with E-state index < -0.39 is 0 Å². The second kappa shape index (κ2) is 4.87. The number of anilines is 2. The summed E-state index contributed by atoms with van der Waals surface area (Å²) in [5, 5.41) is 0. The van der Waals surface area contributed by atoms with Crippen molar-refractivity contribution in [3.63, 3.8) is 0 Å². The average Bonchev–Trinajstić information content (AvgIpc) is 3.10. The molecule has 0 saturated heterocycles. The summed E-state index contributed by atoms with van der Waals surface area (Å²) in [6.07, 6.45) is 4.25. The maximum absolute atomic E-state index is 5.45. The van der Waals surface area contributed by atoms with Crippen LogP contribution in [0.15, 0.2) is 6.33 Å². The summed E-state index contributed by atoms with van der Waals surface area (Å²) >= 11 is 0. The smallest absolute Gasteiger partial charge is 0.148 e. The van der Waals surface area contributed by atoms with Gasteiger partial charge in [0.05, 0.1) is 0 Å². The van der Waals surface area contributed by atoms with E-state index in [1.165, 1.54) is 12.8 Å². The fraction of sp³-hybridized carbons (Fsp3) is 0.667. The maximum atomic E-state index is 5.45. The fourth-order valence-corrected chi connectivity index (χ4v) is 2.00. The first kappa shape index (κ1) is 12.1. The molecule has 0 aromatic carbocycles. The van der Waals surface area contributed by atoms with Crippen molar-refractivity contribution in [1.29, 1.82) is 0 Å². The number of nitrogens with two attached hydrogens (primary N) is 1. The van der Waals surface area contributed by atoms with E-state index in [2.05, 4.69) is 34.1 Å². The van der Waals surface area contributed by atoms with Crippen molar-refractivity contribution < 1.29 is 0 Å². The average molecular weight is 235 g/mol. The SMILES string of the molecule is Cc1c(NN)ncnc1N(CC1CC1)C(C)C. The summed E-state index contributed by atoms with van der Waals surface area (Å²) < 4.78 is 0. The summed E-state index contributed by atoms with van der Waals surface area (Å²) in [6, 6.07) is 0.440. The number of nitrogens with one attached hydrogen (secondary N) is 1. The lowest BCUT2D eigenvalue weighted by molar-refractivity contribution is 0.634. The lowest BCUT2D eigenvalue weighted by Gasteiger charge is -2.29. The van der Waals surface area contributed by atoms with Crippen LogP contribution in [0.1, 0.15) is 32.3 Å². The lowest BCUT2D eigenvalue weighted by Crippen LogP contribution is -2.34. The minimum absolute atomic E-state index is 0.440. The van der Waals surface area contributed by atoms with Crippen LogP contribution in [-0.4, -0.2) is 22.6 Å². The quantitative estimate of drug-likeness (QED) is 0.600. The molecule has 1 aromatic heterocycles. The number of aromatic nitrogens is 2. The zero-order chi connectivity index (χ0) is 12.4. The monoisotopic (exact) mass is 235 g/mol. The number of hydrogen-bond donors (Lipinski definition) is 2. The molecule has 0 radical (unpaired) electrons. The van der Waals surface area contributed by atoms with Crippen LogP contribution in [0.4, 0.5) is 11.6 Å². The van der Waals surface area contributed by atoms with Crippen molar-refractivity contribution in [1.82, 2.24) is 9.97 Å². The first-order valence-corrected chi connectivity index (χ1v) is 6.18. The molecule has 1 aliphatic rings. The van der Waals surface area contributed by atoms with Gasteiger partial charge in [-0.1, -0.05) is 0 Å². The molecule has 0 bridgehead atoms. The molecule has 2 rings (SSSR count). The van der Waals surface area contributed by atoms with Crippen LogP contribution in [0.3, 0.4) is 0 Å². The van der Waals surface area contributed by atoms with Crippen molar-refractivity contribution >= 4 is 11.6 Å². The molecule has 5 nitrogen and oxygen atoms in total. The molecule has 94 valence electrons. The van der Waals surface area contributed by atoms with Crippen molar-refractivity contribution in [2.75, 3.05) is 16.9 Å². The molecular weight excluding hydrogens is 214 g/mol. The number of hydrogen-bond acceptors (Lipinski definition) is 5. The van der Waals surface area contributed by atoms with Gasteiger partial charge < -0.3 is 10.3 Å². The van der Waals surface area contributed by atoms with Gasteiger partial charge in [0.15, 0.2) is 0 Å². The second-order valence-electron chi connectivity index (χ2n) is 5.00. The second-order valence-corrected chi connectivity index (χ2v) is 5.00. The van der Waals surface area contributed by atoms with E-state index in [1.807, 2.05) is 6.92 Å². The predicted octanol–water partition coefficient (Wildman–Crippen LogP) is 1.70. The molecule has 0 amide bonds. The topological polar surface area (TPSA) is 67.1 Å². The molecule has 1 saturated carbocycles. The summed E-state index contributed by atoms with van der Waals surface area (Å²) in [6.45, 7) is 7.48. The largest absolute Gasteiger partial charge is 0.354 e. The van der Waals surface area contributed by atoms with Gasteiger partial charge >= 0.3 is 0 Å². The highest BCUT2D eigenvalue weighted by Crippen LogP contribution is 2.33. The van der Waals surface area contributed by atoms with Gasteiger partial charge in [-0.3, -0.25) is 0 Å². The van der Waals surface area contributed by atoms with E-state index in [-0.39, 0.29) is 0 Å². The fourth-order valence-electron chi connectivity index (χ4n) is 2.00. The normalized spacial score (nSPS) is 15.1. The first-order chi connectivity index (χ1) is 8.13. The minimum Gasteiger partial charge on any atom is -0.354 e. The van der Waals surface area contributed by atoms with Crippen LogP contribution in [0.2, 0.25) is 0 Å². The van der Waals surface area contributed by atoms with Crippen molar-refractivity contribution in [2.24, 2.45) is 11.8 Å². The third-order valence-corrected chi connectivity index (χ3v) is 3.24. The van der Waals surface area contributed by atoms with Gasteiger partial charge in [-0.25, -0.2) is 15.8 Å². The molecule has 1 aliphatic carbocycles. The highest BCUT2D eigenvalue weighted by molar-refractivity contribution is 5.57. The number of nitrogens with zero attached hydrogens (tertiary/aromatic N) is 3. The Morgan fingerprint density at radius 2 is 2.18 bits per heavy atom. The number of hydrazine groups is 1. The molecule has 5 heteroatoms.